The minimum Gasteiger partial charge on any atom is -0.447 e. The lowest BCUT2D eigenvalue weighted by atomic mass is 10.1. The van der Waals surface area contributed by atoms with E-state index in [1.165, 1.54) is 18.7 Å². The molecule has 130 valence electrons. The fourth-order valence-electron chi connectivity index (χ4n) is 2.88. The summed E-state index contributed by atoms with van der Waals surface area (Å²) in [5, 5.41) is 8.93. The Balaban J connectivity index is 1.98. The molecule has 0 saturated carbocycles. The van der Waals surface area contributed by atoms with Crippen molar-refractivity contribution in [2.75, 3.05) is 11.2 Å². The van der Waals surface area contributed by atoms with Crippen molar-refractivity contribution in [1.82, 2.24) is 20.2 Å². The summed E-state index contributed by atoms with van der Waals surface area (Å²) in [7, 11) is 0. The van der Waals surface area contributed by atoms with Gasteiger partial charge in [0.2, 0.25) is 23.2 Å². The molecule has 3 heterocycles. The van der Waals surface area contributed by atoms with Gasteiger partial charge in [-0.1, -0.05) is 36.0 Å². The van der Waals surface area contributed by atoms with Gasteiger partial charge < -0.3 is 4.74 Å². The number of hydrogen-bond donors (Lipinski definition) is 0. The molecule has 0 spiro atoms. The molecular weight excluding hydrogens is 350 g/mol. The Morgan fingerprint density at radius 2 is 2.04 bits per heavy atom. The molecule has 2 aromatic heterocycles. The predicted molar refractivity (Wildman–Crippen MR) is 97.8 cm³/mol. The molecule has 0 aliphatic carbocycles. The Morgan fingerprint density at radius 3 is 2.77 bits per heavy atom. The third-order valence-electron chi connectivity index (χ3n) is 4.00. The number of hydrogen-bond acceptors (Lipinski definition) is 7. The van der Waals surface area contributed by atoms with Crippen LogP contribution in [0.3, 0.4) is 0 Å². The van der Waals surface area contributed by atoms with Crippen LogP contribution >= 0.6 is 11.8 Å². The van der Waals surface area contributed by atoms with Crippen LogP contribution in [0.5, 0.6) is 5.88 Å². The van der Waals surface area contributed by atoms with E-state index in [4.69, 9.17) is 4.74 Å². The number of anilines is 1. The molecule has 8 heteroatoms. The van der Waals surface area contributed by atoms with Gasteiger partial charge in [0, 0.05) is 30.4 Å². The number of benzene rings is 1. The van der Waals surface area contributed by atoms with Crippen LogP contribution in [-0.4, -0.2) is 32.3 Å². The van der Waals surface area contributed by atoms with Gasteiger partial charge >= 0.3 is 0 Å². The highest BCUT2D eigenvalue weighted by Gasteiger charge is 2.34. The van der Waals surface area contributed by atoms with Gasteiger partial charge in [0.25, 0.3) is 0 Å². The number of carbonyl (C=O) groups excluding carboxylic acids is 1. The van der Waals surface area contributed by atoms with Crippen molar-refractivity contribution in [1.29, 1.82) is 0 Å². The fourth-order valence-corrected chi connectivity index (χ4v) is 3.17. The summed E-state index contributed by atoms with van der Waals surface area (Å²) in [6.45, 7) is 1.51. The number of para-hydroxylation sites is 1. The Kier molecular flexibility index (Phi) is 4.26. The second-order valence-corrected chi connectivity index (χ2v) is 6.39. The number of nitrogens with zero attached hydrogens (tertiary/aromatic N) is 5. The first kappa shape index (κ1) is 16.5. The molecule has 0 radical (unpaired) electrons. The van der Waals surface area contributed by atoms with Crippen LogP contribution in [0.15, 0.2) is 53.9 Å². The topological polar surface area (TPSA) is 81.1 Å². The zero-order valence-electron chi connectivity index (χ0n) is 14.2. The van der Waals surface area contributed by atoms with Crippen molar-refractivity contribution >= 4 is 23.4 Å². The minimum atomic E-state index is -0.699. The largest absolute Gasteiger partial charge is 0.447 e. The zero-order valence-corrected chi connectivity index (χ0v) is 15.0. The number of thioether (sulfide) groups is 1. The molecule has 0 fully saturated rings. The molecule has 1 unspecified atom stereocenters. The molecule has 0 bridgehead atoms. The van der Waals surface area contributed by atoms with Crippen molar-refractivity contribution in [2.24, 2.45) is 0 Å². The van der Waals surface area contributed by atoms with Crippen molar-refractivity contribution < 1.29 is 9.53 Å². The molecule has 1 aliphatic heterocycles. The molecule has 26 heavy (non-hydrogen) atoms. The summed E-state index contributed by atoms with van der Waals surface area (Å²) in [5.74, 6) is 0.187. The van der Waals surface area contributed by atoms with Gasteiger partial charge in [0.15, 0.2) is 5.69 Å². The van der Waals surface area contributed by atoms with Crippen LogP contribution in [0.25, 0.3) is 11.3 Å². The van der Waals surface area contributed by atoms with Crippen LogP contribution < -0.4 is 9.64 Å². The maximum atomic E-state index is 12.5. The average Bonchev–Trinajstić information content (AvgIpc) is 2.82. The third kappa shape index (κ3) is 2.78. The van der Waals surface area contributed by atoms with Crippen molar-refractivity contribution in [2.45, 2.75) is 18.3 Å². The smallest absolute Gasteiger partial charge is 0.247 e. The van der Waals surface area contributed by atoms with E-state index >= 15 is 0 Å². The normalized spacial score (nSPS) is 15.5. The highest BCUT2D eigenvalue weighted by atomic mass is 32.2. The Labute approximate surface area is 154 Å². The van der Waals surface area contributed by atoms with E-state index in [1.54, 1.807) is 23.4 Å². The number of amides is 1. The molecule has 4 rings (SSSR count). The number of fused-ring (bicyclic) bond motifs is 3. The van der Waals surface area contributed by atoms with E-state index in [1.807, 2.05) is 36.6 Å². The highest BCUT2D eigenvalue weighted by Crippen LogP contribution is 2.42. The van der Waals surface area contributed by atoms with Crippen LogP contribution in [0.2, 0.25) is 0 Å². The lowest BCUT2D eigenvalue weighted by Crippen LogP contribution is -2.36. The van der Waals surface area contributed by atoms with Crippen LogP contribution in [0.4, 0.5) is 5.69 Å². The fraction of sp³-hybridized carbons (Fsp3) is 0.167. The van der Waals surface area contributed by atoms with Crippen LogP contribution in [-0.2, 0) is 4.79 Å². The second kappa shape index (κ2) is 6.72. The predicted octanol–water partition coefficient (Wildman–Crippen LogP) is 3.10. The van der Waals surface area contributed by atoms with E-state index < -0.39 is 6.23 Å². The van der Waals surface area contributed by atoms with Gasteiger partial charge in [0.05, 0.1) is 5.69 Å². The first-order valence-corrected chi connectivity index (χ1v) is 9.16. The summed E-state index contributed by atoms with van der Waals surface area (Å²) in [5.41, 5.74) is 2.70. The highest BCUT2D eigenvalue weighted by molar-refractivity contribution is 7.98. The molecule has 3 aromatic rings. The molecule has 1 aromatic carbocycles. The molecule has 1 aliphatic rings. The first-order chi connectivity index (χ1) is 12.7. The standard InChI is InChI=1S/C18H15N5O2S/c1-11(24)23-14-8-4-3-7-13(14)15-16(20-18(26-2)22-21-15)25-17(23)12-6-5-9-19-10-12/h3-10,17H,1-2H3. The van der Waals surface area contributed by atoms with Crippen molar-refractivity contribution in [3.05, 3.63) is 54.4 Å². The van der Waals surface area contributed by atoms with E-state index in [-0.39, 0.29) is 5.91 Å². The average molecular weight is 365 g/mol. The molecule has 0 N–H and O–H groups in total. The summed E-state index contributed by atoms with van der Waals surface area (Å²) in [6, 6.07) is 11.2. The van der Waals surface area contributed by atoms with Gasteiger partial charge in [-0.15, -0.1) is 10.2 Å². The van der Waals surface area contributed by atoms with Crippen LogP contribution in [0.1, 0.15) is 18.7 Å². The number of aromatic nitrogens is 4. The molecular formula is C18H15N5O2S. The van der Waals surface area contributed by atoms with Gasteiger partial charge in [-0.2, -0.15) is 4.98 Å². The molecule has 1 amide bonds. The van der Waals surface area contributed by atoms with Gasteiger partial charge in [-0.05, 0) is 18.4 Å². The van der Waals surface area contributed by atoms with Crippen molar-refractivity contribution in [3.8, 4) is 17.1 Å². The molecule has 0 saturated heterocycles. The second-order valence-electron chi connectivity index (χ2n) is 5.62. The third-order valence-corrected chi connectivity index (χ3v) is 4.54. The van der Waals surface area contributed by atoms with E-state index in [0.717, 1.165) is 11.1 Å². The van der Waals surface area contributed by atoms with Crippen LogP contribution in [0, 0.1) is 0 Å². The zero-order chi connectivity index (χ0) is 18.1. The maximum absolute atomic E-state index is 12.5. The van der Waals surface area contributed by atoms with E-state index in [9.17, 15) is 4.79 Å². The molecule has 1 atom stereocenters. The summed E-state index contributed by atoms with van der Waals surface area (Å²) >= 11 is 1.38. The summed E-state index contributed by atoms with van der Waals surface area (Å²) < 4.78 is 6.18. The summed E-state index contributed by atoms with van der Waals surface area (Å²) in [4.78, 5) is 22.8. The summed E-state index contributed by atoms with van der Waals surface area (Å²) in [6.07, 6.45) is 4.53. The van der Waals surface area contributed by atoms with Gasteiger partial charge in [0.1, 0.15) is 0 Å². The lowest BCUT2D eigenvalue weighted by molar-refractivity contribution is -0.118. The quantitative estimate of drug-likeness (QED) is 0.646. The number of pyridine rings is 1. The number of ether oxygens (including phenoxy) is 1. The maximum Gasteiger partial charge on any atom is 0.247 e. The van der Waals surface area contributed by atoms with E-state index in [0.29, 0.717) is 22.4 Å². The lowest BCUT2D eigenvalue weighted by Gasteiger charge is -2.29. The number of rotatable bonds is 2. The van der Waals surface area contributed by atoms with Gasteiger partial charge in [-0.25, -0.2) is 0 Å². The molecule has 7 nitrogen and oxygen atoms in total. The Bertz CT molecular complexity index is 967. The van der Waals surface area contributed by atoms with Gasteiger partial charge in [-0.3, -0.25) is 14.7 Å². The minimum absolute atomic E-state index is 0.155. The SMILES string of the molecule is CSc1nnc2c(n1)OC(c1cccnc1)N(C(C)=O)c1ccccc1-2. The monoisotopic (exact) mass is 365 g/mol. The Hall–Kier alpha value is -3.00. The van der Waals surface area contributed by atoms with Crippen molar-refractivity contribution in [3.63, 3.8) is 0 Å². The number of carbonyl (C=O) groups is 1. The van der Waals surface area contributed by atoms with E-state index in [2.05, 4.69) is 20.2 Å². The Morgan fingerprint density at radius 1 is 1.19 bits per heavy atom. The first-order valence-electron chi connectivity index (χ1n) is 7.93.